The third-order valence-corrected chi connectivity index (χ3v) is 4.74. The lowest BCUT2D eigenvalue weighted by atomic mass is 9.86. The Morgan fingerprint density at radius 3 is 2.07 bits per heavy atom. The van der Waals surface area contributed by atoms with Crippen molar-refractivity contribution < 1.29 is 14.3 Å². The zero-order valence-electron chi connectivity index (χ0n) is 17.3. The van der Waals surface area contributed by atoms with E-state index in [0.29, 0.717) is 24.5 Å². The van der Waals surface area contributed by atoms with Gasteiger partial charge in [0.2, 0.25) is 5.91 Å². The van der Waals surface area contributed by atoms with Crippen LogP contribution in [0.4, 0.5) is 0 Å². The van der Waals surface area contributed by atoms with Crippen molar-refractivity contribution in [2.75, 3.05) is 21.3 Å². The van der Waals surface area contributed by atoms with E-state index in [1.165, 1.54) is 11.1 Å². The van der Waals surface area contributed by atoms with Crippen LogP contribution in [-0.2, 0) is 23.2 Å². The van der Waals surface area contributed by atoms with Gasteiger partial charge in [-0.25, -0.2) is 0 Å². The molecule has 0 aromatic heterocycles. The average molecular weight is 370 g/mol. The Balaban J connectivity index is 1.92. The molecule has 0 aliphatic carbocycles. The van der Waals surface area contributed by atoms with E-state index in [0.717, 1.165) is 12.0 Å². The number of rotatable bonds is 7. The second-order valence-corrected chi connectivity index (χ2v) is 7.89. The number of ether oxygens (including phenoxy) is 2. The molecule has 0 bridgehead atoms. The van der Waals surface area contributed by atoms with Crippen molar-refractivity contribution in [3.05, 3.63) is 59.2 Å². The van der Waals surface area contributed by atoms with E-state index in [9.17, 15) is 4.79 Å². The molecule has 4 nitrogen and oxygen atoms in total. The van der Waals surface area contributed by atoms with Gasteiger partial charge in [-0.15, -0.1) is 0 Å². The SMILES string of the molecule is COc1ccc(CN(C)C(=O)CCc2ccc(C(C)(C)C)cc2)cc1OC. The highest BCUT2D eigenvalue weighted by Gasteiger charge is 2.14. The smallest absolute Gasteiger partial charge is 0.222 e. The molecule has 0 heterocycles. The zero-order chi connectivity index (χ0) is 20.0. The largest absolute Gasteiger partial charge is 0.493 e. The lowest BCUT2D eigenvalue weighted by molar-refractivity contribution is -0.130. The molecule has 2 aromatic carbocycles. The van der Waals surface area contributed by atoms with Gasteiger partial charge in [0.25, 0.3) is 0 Å². The van der Waals surface area contributed by atoms with Crippen LogP contribution in [0, 0.1) is 0 Å². The average Bonchev–Trinajstić information content (AvgIpc) is 2.65. The summed E-state index contributed by atoms with van der Waals surface area (Å²) >= 11 is 0. The third kappa shape index (κ3) is 5.75. The van der Waals surface area contributed by atoms with Crippen LogP contribution in [-0.4, -0.2) is 32.1 Å². The van der Waals surface area contributed by atoms with E-state index in [2.05, 4.69) is 45.0 Å². The quantitative estimate of drug-likeness (QED) is 0.716. The van der Waals surface area contributed by atoms with Gasteiger partial charge in [0.1, 0.15) is 0 Å². The van der Waals surface area contributed by atoms with Gasteiger partial charge in [0.05, 0.1) is 14.2 Å². The fraction of sp³-hybridized carbons (Fsp3) is 0.435. The van der Waals surface area contributed by atoms with Crippen molar-refractivity contribution in [2.45, 2.75) is 45.6 Å². The molecule has 0 fully saturated rings. The first-order chi connectivity index (χ1) is 12.7. The maximum absolute atomic E-state index is 12.5. The van der Waals surface area contributed by atoms with Crippen molar-refractivity contribution in [3.8, 4) is 11.5 Å². The number of carbonyl (C=O) groups excluding carboxylic acids is 1. The summed E-state index contributed by atoms with van der Waals surface area (Å²) in [5.74, 6) is 1.49. The monoisotopic (exact) mass is 369 g/mol. The van der Waals surface area contributed by atoms with Crippen LogP contribution in [0.1, 0.15) is 43.9 Å². The molecule has 0 radical (unpaired) electrons. The van der Waals surface area contributed by atoms with Crippen molar-refractivity contribution in [3.63, 3.8) is 0 Å². The minimum absolute atomic E-state index is 0.129. The molecule has 0 atom stereocenters. The molecule has 1 amide bonds. The van der Waals surface area contributed by atoms with E-state index in [-0.39, 0.29) is 11.3 Å². The number of methoxy groups -OCH3 is 2. The van der Waals surface area contributed by atoms with Crippen LogP contribution >= 0.6 is 0 Å². The van der Waals surface area contributed by atoms with Gasteiger partial charge in [0, 0.05) is 20.0 Å². The second kappa shape index (κ2) is 8.94. The van der Waals surface area contributed by atoms with Crippen LogP contribution < -0.4 is 9.47 Å². The van der Waals surface area contributed by atoms with Crippen LogP contribution in [0.2, 0.25) is 0 Å². The Bertz CT molecular complexity index is 760. The minimum atomic E-state index is 0.129. The fourth-order valence-corrected chi connectivity index (χ4v) is 2.95. The zero-order valence-corrected chi connectivity index (χ0v) is 17.3. The highest BCUT2D eigenvalue weighted by atomic mass is 16.5. The first-order valence-corrected chi connectivity index (χ1v) is 9.29. The molecular weight excluding hydrogens is 338 g/mol. The number of aryl methyl sites for hydroxylation is 1. The molecule has 0 saturated carbocycles. The molecule has 0 N–H and O–H groups in total. The van der Waals surface area contributed by atoms with E-state index >= 15 is 0 Å². The summed E-state index contributed by atoms with van der Waals surface area (Å²) in [4.78, 5) is 14.2. The number of amides is 1. The van der Waals surface area contributed by atoms with Gasteiger partial charge in [-0.3, -0.25) is 4.79 Å². The summed E-state index contributed by atoms with van der Waals surface area (Å²) in [6, 6.07) is 14.3. The number of nitrogens with zero attached hydrogens (tertiary/aromatic N) is 1. The second-order valence-electron chi connectivity index (χ2n) is 7.89. The number of hydrogen-bond acceptors (Lipinski definition) is 3. The summed E-state index contributed by atoms with van der Waals surface area (Å²) in [6.07, 6.45) is 1.25. The third-order valence-electron chi connectivity index (χ3n) is 4.74. The summed E-state index contributed by atoms with van der Waals surface area (Å²) in [5, 5.41) is 0. The van der Waals surface area contributed by atoms with Crippen molar-refractivity contribution >= 4 is 5.91 Å². The van der Waals surface area contributed by atoms with Gasteiger partial charge in [0.15, 0.2) is 11.5 Å². The molecule has 0 saturated heterocycles. The Kier molecular flexibility index (Phi) is 6.89. The van der Waals surface area contributed by atoms with E-state index in [1.54, 1.807) is 19.1 Å². The molecule has 0 aliphatic heterocycles. The van der Waals surface area contributed by atoms with E-state index in [1.807, 2.05) is 25.2 Å². The normalized spacial score (nSPS) is 11.2. The molecule has 2 aromatic rings. The molecule has 2 rings (SSSR count). The van der Waals surface area contributed by atoms with Gasteiger partial charge >= 0.3 is 0 Å². The summed E-state index contributed by atoms with van der Waals surface area (Å²) in [6.45, 7) is 7.15. The lowest BCUT2D eigenvalue weighted by Crippen LogP contribution is -2.26. The highest BCUT2D eigenvalue weighted by Crippen LogP contribution is 2.28. The Hall–Kier alpha value is -2.49. The number of hydrogen-bond donors (Lipinski definition) is 0. The Morgan fingerprint density at radius 1 is 0.926 bits per heavy atom. The van der Waals surface area contributed by atoms with E-state index < -0.39 is 0 Å². The van der Waals surface area contributed by atoms with Crippen LogP contribution in [0.5, 0.6) is 11.5 Å². The van der Waals surface area contributed by atoms with Gasteiger partial charge in [-0.2, -0.15) is 0 Å². The maximum atomic E-state index is 12.5. The molecule has 146 valence electrons. The van der Waals surface area contributed by atoms with Gasteiger partial charge in [-0.05, 0) is 40.7 Å². The molecule has 0 spiro atoms. The summed E-state index contributed by atoms with van der Waals surface area (Å²) in [7, 11) is 5.06. The van der Waals surface area contributed by atoms with E-state index in [4.69, 9.17) is 9.47 Å². The molecule has 0 unspecified atom stereocenters. The Labute approximate surface area is 163 Å². The van der Waals surface area contributed by atoms with Crippen molar-refractivity contribution in [1.29, 1.82) is 0 Å². The first kappa shape index (κ1) is 20.8. The maximum Gasteiger partial charge on any atom is 0.222 e. The lowest BCUT2D eigenvalue weighted by Gasteiger charge is -2.20. The highest BCUT2D eigenvalue weighted by molar-refractivity contribution is 5.76. The van der Waals surface area contributed by atoms with Crippen molar-refractivity contribution in [2.24, 2.45) is 0 Å². The first-order valence-electron chi connectivity index (χ1n) is 9.29. The summed E-state index contributed by atoms with van der Waals surface area (Å²) in [5.41, 5.74) is 3.66. The van der Waals surface area contributed by atoms with Crippen molar-refractivity contribution in [1.82, 2.24) is 4.90 Å². The van der Waals surface area contributed by atoms with Crippen LogP contribution in [0.25, 0.3) is 0 Å². The van der Waals surface area contributed by atoms with Crippen LogP contribution in [0.15, 0.2) is 42.5 Å². The molecule has 0 aliphatic rings. The predicted molar refractivity (Wildman–Crippen MR) is 109 cm³/mol. The minimum Gasteiger partial charge on any atom is -0.493 e. The Morgan fingerprint density at radius 2 is 1.52 bits per heavy atom. The fourth-order valence-electron chi connectivity index (χ4n) is 2.95. The summed E-state index contributed by atoms with van der Waals surface area (Å²) < 4.78 is 10.6. The predicted octanol–water partition coefficient (Wildman–Crippen LogP) is 4.59. The number of carbonyl (C=O) groups is 1. The topological polar surface area (TPSA) is 38.8 Å². The van der Waals surface area contributed by atoms with Gasteiger partial charge in [-0.1, -0.05) is 51.1 Å². The number of benzene rings is 2. The van der Waals surface area contributed by atoms with Gasteiger partial charge < -0.3 is 14.4 Å². The molecule has 4 heteroatoms. The van der Waals surface area contributed by atoms with Crippen LogP contribution in [0.3, 0.4) is 0 Å². The standard InChI is InChI=1S/C23H31NO3/c1-23(2,3)19-11-7-17(8-12-19)10-14-22(25)24(4)16-18-9-13-20(26-5)21(15-18)27-6/h7-9,11-13,15H,10,14,16H2,1-6H3. The molecular formula is C23H31NO3. The molecule has 27 heavy (non-hydrogen) atoms.